The van der Waals surface area contributed by atoms with E-state index < -0.39 is 0 Å². The Morgan fingerprint density at radius 3 is 2.65 bits per heavy atom. The van der Waals surface area contributed by atoms with Crippen LogP contribution in [0.3, 0.4) is 0 Å². The number of methoxy groups -OCH3 is 2. The average Bonchev–Trinajstić information content (AvgIpc) is 3.03. The first-order valence-corrected chi connectivity index (χ1v) is 7.87. The second-order valence-electron chi connectivity index (χ2n) is 4.86. The maximum Gasteiger partial charge on any atom is 0.280 e. The Kier molecular flexibility index (Phi) is 4.43. The Morgan fingerprint density at radius 2 is 1.91 bits per heavy atom. The van der Waals surface area contributed by atoms with E-state index in [1.165, 1.54) is 11.3 Å². The van der Waals surface area contributed by atoms with E-state index in [-0.39, 0.29) is 5.91 Å². The number of nitrogens with one attached hydrogen (secondary N) is 1. The van der Waals surface area contributed by atoms with Crippen molar-refractivity contribution in [2.45, 2.75) is 6.54 Å². The van der Waals surface area contributed by atoms with Gasteiger partial charge in [0.15, 0.2) is 16.5 Å². The molecule has 1 heterocycles. The van der Waals surface area contributed by atoms with Crippen LogP contribution in [0.1, 0.15) is 15.4 Å². The molecular weight excluding hydrogens is 312 g/mol. The average molecular weight is 328 g/mol. The van der Waals surface area contributed by atoms with Gasteiger partial charge in [-0.3, -0.25) is 4.79 Å². The SMILES string of the molecule is COc1ccc(CNC(=O)c2nc3ccccc3s2)cc1OC. The molecule has 0 unspecified atom stereocenters. The normalized spacial score (nSPS) is 10.5. The number of rotatable bonds is 5. The summed E-state index contributed by atoms with van der Waals surface area (Å²) in [6.07, 6.45) is 0. The molecule has 118 valence electrons. The van der Waals surface area contributed by atoms with Gasteiger partial charge in [-0.05, 0) is 29.8 Å². The highest BCUT2D eigenvalue weighted by atomic mass is 32.1. The van der Waals surface area contributed by atoms with Crippen LogP contribution in [0.4, 0.5) is 0 Å². The Bertz CT molecular complexity index is 812. The molecule has 3 aromatic rings. The number of carbonyl (C=O) groups excluding carboxylic acids is 1. The minimum Gasteiger partial charge on any atom is -0.493 e. The number of hydrogen-bond acceptors (Lipinski definition) is 5. The number of benzene rings is 2. The van der Waals surface area contributed by atoms with Gasteiger partial charge in [-0.25, -0.2) is 4.98 Å². The molecule has 1 N–H and O–H groups in total. The number of para-hydroxylation sites is 1. The molecule has 0 fully saturated rings. The summed E-state index contributed by atoms with van der Waals surface area (Å²) in [5, 5.41) is 3.34. The smallest absolute Gasteiger partial charge is 0.280 e. The number of thiazole rings is 1. The van der Waals surface area contributed by atoms with Gasteiger partial charge in [0.25, 0.3) is 5.91 Å². The second kappa shape index (κ2) is 6.66. The molecule has 0 saturated carbocycles. The number of fused-ring (bicyclic) bond motifs is 1. The Morgan fingerprint density at radius 1 is 1.13 bits per heavy atom. The third-order valence-electron chi connectivity index (χ3n) is 3.39. The van der Waals surface area contributed by atoms with Crippen molar-refractivity contribution in [3.05, 3.63) is 53.0 Å². The van der Waals surface area contributed by atoms with E-state index in [9.17, 15) is 4.79 Å². The summed E-state index contributed by atoms with van der Waals surface area (Å²) >= 11 is 1.39. The van der Waals surface area contributed by atoms with Crippen molar-refractivity contribution in [3.8, 4) is 11.5 Å². The van der Waals surface area contributed by atoms with Crippen LogP contribution in [0, 0.1) is 0 Å². The van der Waals surface area contributed by atoms with Crippen LogP contribution in [0.5, 0.6) is 11.5 Å². The van der Waals surface area contributed by atoms with Gasteiger partial charge in [-0.1, -0.05) is 18.2 Å². The minimum atomic E-state index is -0.180. The van der Waals surface area contributed by atoms with Gasteiger partial charge in [-0.2, -0.15) is 0 Å². The van der Waals surface area contributed by atoms with Crippen molar-refractivity contribution < 1.29 is 14.3 Å². The number of hydrogen-bond donors (Lipinski definition) is 1. The Hall–Kier alpha value is -2.60. The Balaban J connectivity index is 1.71. The highest BCUT2D eigenvalue weighted by molar-refractivity contribution is 7.20. The molecule has 1 amide bonds. The van der Waals surface area contributed by atoms with Crippen LogP contribution in [0.15, 0.2) is 42.5 Å². The highest BCUT2D eigenvalue weighted by Crippen LogP contribution is 2.27. The molecule has 6 heteroatoms. The third-order valence-corrected chi connectivity index (χ3v) is 4.42. The molecule has 0 aliphatic heterocycles. The standard InChI is InChI=1S/C17H16N2O3S/c1-21-13-8-7-11(9-14(13)22-2)10-18-16(20)17-19-12-5-3-4-6-15(12)23-17/h3-9H,10H2,1-2H3,(H,18,20). The van der Waals surface area contributed by atoms with Crippen LogP contribution in [0.2, 0.25) is 0 Å². The van der Waals surface area contributed by atoms with E-state index in [0.29, 0.717) is 23.1 Å². The van der Waals surface area contributed by atoms with Gasteiger partial charge in [-0.15, -0.1) is 11.3 Å². The van der Waals surface area contributed by atoms with Crippen LogP contribution in [-0.2, 0) is 6.54 Å². The van der Waals surface area contributed by atoms with E-state index in [0.717, 1.165) is 15.8 Å². The lowest BCUT2D eigenvalue weighted by molar-refractivity contribution is 0.0950. The van der Waals surface area contributed by atoms with Crippen molar-refractivity contribution in [3.63, 3.8) is 0 Å². The molecule has 0 aliphatic carbocycles. The lowest BCUT2D eigenvalue weighted by Crippen LogP contribution is -2.22. The predicted molar refractivity (Wildman–Crippen MR) is 90.3 cm³/mol. The van der Waals surface area contributed by atoms with Crippen molar-refractivity contribution in [2.24, 2.45) is 0 Å². The first-order valence-electron chi connectivity index (χ1n) is 7.06. The topological polar surface area (TPSA) is 60.5 Å². The fourth-order valence-electron chi connectivity index (χ4n) is 2.22. The number of aromatic nitrogens is 1. The molecule has 3 rings (SSSR count). The van der Waals surface area contributed by atoms with Crippen LogP contribution < -0.4 is 14.8 Å². The van der Waals surface area contributed by atoms with Crippen LogP contribution in [-0.4, -0.2) is 25.1 Å². The first-order chi connectivity index (χ1) is 11.2. The molecule has 0 bridgehead atoms. The first kappa shape index (κ1) is 15.3. The quantitative estimate of drug-likeness (QED) is 0.781. The largest absolute Gasteiger partial charge is 0.493 e. The van der Waals surface area contributed by atoms with E-state index in [2.05, 4.69) is 10.3 Å². The zero-order valence-electron chi connectivity index (χ0n) is 12.8. The van der Waals surface area contributed by atoms with E-state index in [1.807, 2.05) is 42.5 Å². The highest BCUT2D eigenvalue weighted by Gasteiger charge is 2.12. The summed E-state index contributed by atoms with van der Waals surface area (Å²) in [6, 6.07) is 13.3. The lowest BCUT2D eigenvalue weighted by Gasteiger charge is -2.09. The fourth-order valence-corrected chi connectivity index (χ4v) is 3.10. The fraction of sp³-hybridized carbons (Fsp3) is 0.176. The van der Waals surface area contributed by atoms with Gasteiger partial charge in [0.05, 0.1) is 24.4 Å². The summed E-state index contributed by atoms with van der Waals surface area (Å²) in [6.45, 7) is 0.398. The monoisotopic (exact) mass is 328 g/mol. The van der Waals surface area contributed by atoms with Crippen molar-refractivity contribution in [2.75, 3.05) is 14.2 Å². The molecule has 2 aromatic carbocycles. The van der Waals surface area contributed by atoms with Crippen molar-refractivity contribution in [1.82, 2.24) is 10.3 Å². The van der Waals surface area contributed by atoms with Gasteiger partial charge >= 0.3 is 0 Å². The molecule has 0 saturated heterocycles. The number of nitrogens with zero attached hydrogens (tertiary/aromatic N) is 1. The van der Waals surface area contributed by atoms with Gasteiger partial charge in [0.2, 0.25) is 0 Å². The second-order valence-corrected chi connectivity index (χ2v) is 5.89. The third kappa shape index (κ3) is 3.27. The maximum absolute atomic E-state index is 12.2. The van der Waals surface area contributed by atoms with E-state index in [4.69, 9.17) is 9.47 Å². The molecule has 1 aromatic heterocycles. The van der Waals surface area contributed by atoms with Gasteiger partial charge < -0.3 is 14.8 Å². The summed E-state index contributed by atoms with van der Waals surface area (Å²) in [5.74, 6) is 1.12. The van der Waals surface area contributed by atoms with E-state index >= 15 is 0 Å². The summed E-state index contributed by atoms with van der Waals surface area (Å²) in [7, 11) is 3.17. The van der Waals surface area contributed by atoms with E-state index in [1.54, 1.807) is 14.2 Å². The van der Waals surface area contributed by atoms with Crippen LogP contribution >= 0.6 is 11.3 Å². The zero-order chi connectivity index (χ0) is 16.2. The number of carbonyl (C=O) groups is 1. The molecule has 0 aliphatic rings. The molecule has 0 spiro atoms. The summed E-state index contributed by atoms with van der Waals surface area (Å²) in [4.78, 5) is 16.6. The minimum absolute atomic E-state index is 0.180. The van der Waals surface area contributed by atoms with Gasteiger partial charge in [0.1, 0.15) is 0 Å². The van der Waals surface area contributed by atoms with Crippen LogP contribution in [0.25, 0.3) is 10.2 Å². The summed E-state index contributed by atoms with van der Waals surface area (Å²) in [5.41, 5.74) is 1.77. The van der Waals surface area contributed by atoms with Gasteiger partial charge in [0, 0.05) is 6.54 Å². The number of ether oxygens (including phenoxy) is 2. The molecule has 5 nitrogen and oxygen atoms in total. The molecule has 0 atom stereocenters. The van der Waals surface area contributed by atoms with Crippen molar-refractivity contribution in [1.29, 1.82) is 0 Å². The summed E-state index contributed by atoms with van der Waals surface area (Å²) < 4.78 is 11.5. The lowest BCUT2D eigenvalue weighted by atomic mass is 10.2. The maximum atomic E-state index is 12.2. The zero-order valence-corrected chi connectivity index (χ0v) is 13.6. The Labute approximate surface area is 137 Å². The molecular formula is C17H16N2O3S. The molecule has 0 radical (unpaired) electrons. The number of amides is 1. The predicted octanol–water partition coefficient (Wildman–Crippen LogP) is 3.24. The van der Waals surface area contributed by atoms with Crippen molar-refractivity contribution >= 4 is 27.5 Å². The molecule has 23 heavy (non-hydrogen) atoms.